The molecule has 1 heterocycles. The van der Waals surface area contributed by atoms with Gasteiger partial charge in [0.25, 0.3) is 0 Å². The van der Waals surface area contributed by atoms with Crippen molar-refractivity contribution in [3.63, 3.8) is 0 Å². The Balaban J connectivity index is 2.19. The minimum atomic E-state index is -0.490. The van der Waals surface area contributed by atoms with Crippen LogP contribution in [0.1, 0.15) is 11.6 Å². The van der Waals surface area contributed by atoms with E-state index in [4.69, 9.17) is 15.3 Å². The van der Waals surface area contributed by atoms with Crippen LogP contribution < -0.4 is 10.6 Å². The van der Waals surface area contributed by atoms with Gasteiger partial charge in [0.05, 0.1) is 7.11 Å². The van der Waals surface area contributed by atoms with Crippen LogP contribution in [-0.2, 0) is 4.74 Å². The summed E-state index contributed by atoms with van der Waals surface area (Å²) in [5.41, 5.74) is 0.934. The Labute approximate surface area is 87.3 Å². The molecule has 5 nitrogen and oxygen atoms in total. The number of hydrogen-bond donors (Lipinski definition) is 1. The van der Waals surface area contributed by atoms with Gasteiger partial charge in [0, 0.05) is 0 Å². The van der Waals surface area contributed by atoms with Crippen LogP contribution in [0.15, 0.2) is 24.3 Å². The molecule has 1 amide bonds. The zero-order chi connectivity index (χ0) is 10.8. The van der Waals surface area contributed by atoms with E-state index < -0.39 is 6.09 Å². The molecule has 1 atom stereocenters. The molecule has 15 heavy (non-hydrogen) atoms. The van der Waals surface area contributed by atoms with E-state index in [9.17, 15) is 4.79 Å². The molecule has 1 unspecified atom stereocenters. The maximum atomic E-state index is 11.0. The van der Waals surface area contributed by atoms with Crippen LogP contribution in [0.3, 0.4) is 0 Å². The standard InChI is InChI=1S/C10H12N2O3/c1-14-8-4-2-7(3-5-8)9-6-15-10(13)12(9)11/h2-5,9H,6,11H2,1H3. The van der Waals surface area contributed by atoms with Gasteiger partial charge in [0.15, 0.2) is 0 Å². The lowest BCUT2D eigenvalue weighted by molar-refractivity contribution is 0.158. The molecule has 0 aromatic heterocycles. The van der Waals surface area contributed by atoms with Gasteiger partial charge in [-0.05, 0) is 17.7 Å². The van der Waals surface area contributed by atoms with Gasteiger partial charge >= 0.3 is 6.09 Å². The van der Waals surface area contributed by atoms with Gasteiger partial charge in [0.1, 0.15) is 18.4 Å². The lowest BCUT2D eigenvalue weighted by Gasteiger charge is -2.15. The highest BCUT2D eigenvalue weighted by Gasteiger charge is 2.31. The van der Waals surface area contributed by atoms with Crippen molar-refractivity contribution in [3.8, 4) is 5.75 Å². The summed E-state index contributed by atoms with van der Waals surface area (Å²) in [4.78, 5) is 11.0. The van der Waals surface area contributed by atoms with Gasteiger partial charge in [-0.15, -0.1) is 0 Å². The van der Waals surface area contributed by atoms with Crippen LogP contribution in [0.2, 0.25) is 0 Å². The van der Waals surface area contributed by atoms with Crippen molar-refractivity contribution in [1.29, 1.82) is 0 Å². The molecule has 1 fully saturated rings. The lowest BCUT2D eigenvalue weighted by Crippen LogP contribution is -2.34. The van der Waals surface area contributed by atoms with Crippen LogP contribution in [0.25, 0.3) is 0 Å². The fourth-order valence-corrected chi connectivity index (χ4v) is 1.52. The van der Waals surface area contributed by atoms with Crippen LogP contribution in [0.5, 0.6) is 5.75 Å². The van der Waals surface area contributed by atoms with E-state index in [0.717, 1.165) is 16.3 Å². The van der Waals surface area contributed by atoms with Gasteiger partial charge < -0.3 is 9.47 Å². The first-order valence-electron chi connectivity index (χ1n) is 4.57. The second-order valence-electron chi connectivity index (χ2n) is 3.27. The summed E-state index contributed by atoms with van der Waals surface area (Å²) in [5.74, 6) is 6.32. The quantitative estimate of drug-likeness (QED) is 0.583. The fraction of sp³-hybridized carbons (Fsp3) is 0.300. The fourth-order valence-electron chi connectivity index (χ4n) is 1.52. The van der Waals surface area contributed by atoms with E-state index in [-0.39, 0.29) is 6.04 Å². The number of nitrogens with two attached hydrogens (primary N) is 1. The average Bonchev–Trinajstić information content (AvgIpc) is 2.60. The zero-order valence-corrected chi connectivity index (χ0v) is 8.34. The number of cyclic esters (lactones) is 1. The molecule has 1 aromatic carbocycles. The number of carbonyl (C=O) groups is 1. The van der Waals surface area contributed by atoms with Crippen molar-refractivity contribution in [3.05, 3.63) is 29.8 Å². The first kappa shape index (κ1) is 9.79. The molecule has 2 rings (SSSR count). The Morgan fingerprint density at radius 3 is 2.60 bits per heavy atom. The predicted octanol–water partition coefficient (Wildman–Crippen LogP) is 1.06. The molecule has 0 bridgehead atoms. The maximum Gasteiger partial charge on any atom is 0.424 e. The van der Waals surface area contributed by atoms with E-state index in [2.05, 4.69) is 0 Å². The molecule has 1 saturated heterocycles. The third-order valence-electron chi connectivity index (χ3n) is 2.41. The molecule has 1 aliphatic rings. The highest BCUT2D eigenvalue weighted by Crippen LogP contribution is 2.25. The Kier molecular flexibility index (Phi) is 2.47. The van der Waals surface area contributed by atoms with Crippen molar-refractivity contribution in [2.75, 3.05) is 13.7 Å². The molecule has 0 aliphatic carbocycles. The van der Waals surface area contributed by atoms with Crippen LogP contribution in [0, 0.1) is 0 Å². The highest BCUT2D eigenvalue weighted by atomic mass is 16.6. The first-order valence-corrected chi connectivity index (χ1v) is 4.57. The molecule has 1 aliphatic heterocycles. The number of benzene rings is 1. The molecule has 0 saturated carbocycles. The highest BCUT2D eigenvalue weighted by molar-refractivity contribution is 5.69. The van der Waals surface area contributed by atoms with E-state index in [1.54, 1.807) is 7.11 Å². The van der Waals surface area contributed by atoms with E-state index in [0.29, 0.717) is 6.61 Å². The summed E-state index contributed by atoms with van der Waals surface area (Å²) < 4.78 is 9.86. The Morgan fingerprint density at radius 1 is 1.47 bits per heavy atom. The number of ether oxygens (including phenoxy) is 2. The summed E-state index contributed by atoms with van der Waals surface area (Å²) in [6.07, 6.45) is -0.490. The van der Waals surface area contributed by atoms with Crippen molar-refractivity contribution in [2.24, 2.45) is 5.84 Å². The largest absolute Gasteiger partial charge is 0.497 e. The van der Waals surface area contributed by atoms with Crippen molar-refractivity contribution < 1.29 is 14.3 Å². The molecule has 0 spiro atoms. The van der Waals surface area contributed by atoms with Crippen molar-refractivity contribution in [2.45, 2.75) is 6.04 Å². The van der Waals surface area contributed by atoms with Gasteiger partial charge in [-0.2, -0.15) is 0 Å². The minimum Gasteiger partial charge on any atom is -0.497 e. The predicted molar refractivity (Wildman–Crippen MR) is 53.1 cm³/mol. The number of rotatable bonds is 2. The van der Waals surface area contributed by atoms with E-state index >= 15 is 0 Å². The summed E-state index contributed by atoms with van der Waals surface area (Å²) in [7, 11) is 1.60. The second kappa shape index (κ2) is 3.78. The second-order valence-corrected chi connectivity index (χ2v) is 3.27. The smallest absolute Gasteiger partial charge is 0.424 e. The van der Waals surface area contributed by atoms with Crippen LogP contribution in [-0.4, -0.2) is 24.8 Å². The summed E-state index contributed by atoms with van der Waals surface area (Å²) in [6.45, 7) is 0.293. The average molecular weight is 208 g/mol. The molecule has 1 aromatic rings. The number of hydrazine groups is 1. The molecular formula is C10H12N2O3. The van der Waals surface area contributed by atoms with Crippen molar-refractivity contribution in [1.82, 2.24) is 5.01 Å². The van der Waals surface area contributed by atoms with Crippen LogP contribution in [0.4, 0.5) is 4.79 Å². The lowest BCUT2D eigenvalue weighted by atomic mass is 10.1. The van der Waals surface area contributed by atoms with Gasteiger partial charge in [0.2, 0.25) is 0 Å². The Bertz CT molecular complexity index is 363. The summed E-state index contributed by atoms with van der Waals surface area (Å²) >= 11 is 0. The normalized spacial score (nSPS) is 20.3. The number of nitrogens with zero attached hydrogens (tertiary/aromatic N) is 1. The number of amides is 1. The Morgan fingerprint density at radius 2 is 2.13 bits per heavy atom. The number of hydrogen-bond acceptors (Lipinski definition) is 4. The summed E-state index contributed by atoms with van der Waals surface area (Å²) in [6, 6.07) is 7.18. The third-order valence-corrected chi connectivity index (χ3v) is 2.41. The summed E-state index contributed by atoms with van der Waals surface area (Å²) in [5, 5.41) is 1.10. The van der Waals surface area contributed by atoms with Crippen molar-refractivity contribution >= 4 is 6.09 Å². The number of methoxy groups -OCH3 is 1. The zero-order valence-electron chi connectivity index (χ0n) is 8.34. The van der Waals surface area contributed by atoms with E-state index in [1.165, 1.54) is 0 Å². The van der Waals surface area contributed by atoms with Crippen LogP contribution >= 0.6 is 0 Å². The third kappa shape index (κ3) is 1.73. The Hall–Kier alpha value is -1.75. The maximum absolute atomic E-state index is 11.0. The topological polar surface area (TPSA) is 64.8 Å². The molecule has 2 N–H and O–H groups in total. The SMILES string of the molecule is COc1ccc(C2COC(=O)N2N)cc1. The minimum absolute atomic E-state index is 0.205. The van der Waals surface area contributed by atoms with Gasteiger partial charge in [-0.1, -0.05) is 12.1 Å². The molecule has 0 radical (unpaired) electrons. The molecule has 80 valence electrons. The molecular weight excluding hydrogens is 196 g/mol. The monoisotopic (exact) mass is 208 g/mol. The van der Waals surface area contributed by atoms with Gasteiger partial charge in [-0.3, -0.25) is 0 Å². The van der Waals surface area contributed by atoms with E-state index in [1.807, 2.05) is 24.3 Å². The molecule has 5 heteroatoms. The first-order chi connectivity index (χ1) is 7.22. The van der Waals surface area contributed by atoms with Gasteiger partial charge in [-0.25, -0.2) is 15.6 Å². The number of carbonyl (C=O) groups excluding carboxylic acids is 1.